The van der Waals surface area contributed by atoms with Crippen molar-refractivity contribution in [2.45, 2.75) is 59.6 Å². The smallest absolute Gasteiger partial charge is 0.408 e. The Morgan fingerprint density at radius 3 is 2.52 bits per heavy atom. The van der Waals surface area contributed by atoms with Crippen LogP contribution in [0.5, 0.6) is 0 Å². The number of aliphatic carboxylic acids is 1. The van der Waals surface area contributed by atoms with Crippen LogP contribution < -0.4 is 10.6 Å². The van der Waals surface area contributed by atoms with E-state index in [0.717, 1.165) is 28.1 Å². The van der Waals surface area contributed by atoms with Crippen molar-refractivity contribution in [3.8, 4) is 11.3 Å². The number of amides is 1. The van der Waals surface area contributed by atoms with E-state index >= 15 is 0 Å². The van der Waals surface area contributed by atoms with Gasteiger partial charge in [0, 0.05) is 22.0 Å². The van der Waals surface area contributed by atoms with Crippen LogP contribution >= 0.6 is 22.9 Å². The number of carboxylic acids is 1. The van der Waals surface area contributed by atoms with Crippen LogP contribution in [0.1, 0.15) is 45.1 Å². The summed E-state index contributed by atoms with van der Waals surface area (Å²) in [5.41, 5.74) is 2.06. The zero-order valence-electron chi connectivity index (χ0n) is 18.7. The molecule has 9 heteroatoms. The molecule has 170 valence electrons. The minimum Gasteiger partial charge on any atom is -0.480 e. The van der Waals surface area contributed by atoms with Crippen LogP contribution in [0.3, 0.4) is 0 Å². The second kappa shape index (κ2) is 10.3. The highest BCUT2D eigenvalue weighted by molar-refractivity contribution is 7.16. The topological polar surface area (TPSA) is 101 Å². The van der Waals surface area contributed by atoms with Gasteiger partial charge in [0.1, 0.15) is 11.6 Å². The summed E-state index contributed by atoms with van der Waals surface area (Å²) in [4.78, 5) is 29.4. The molecule has 1 aromatic heterocycles. The predicted octanol–water partition coefficient (Wildman–Crippen LogP) is 5.36. The number of rotatable bonds is 8. The number of thiazole rings is 1. The number of carboxylic acid groups (broad SMARTS) is 1. The first-order valence-electron chi connectivity index (χ1n) is 10.1. The Labute approximate surface area is 192 Å². The van der Waals surface area contributed by atoms with Gasteiger partial charge in [0.25, 0.3) is 0 Å². The molecule has 0 spiro atoms. The maximum Gasteiger partial charge on any atom is 0.408 e. The molecule has 2 rings (SSSR count). The Balaban J connectivity index is 2.19. The summed E-state index contributed by atoms with van der Waals surface area (Å²) in [6.07, 6.45) is 0.0631. The lowest BCUT2D eigenvalue weighted by molar-refractivity contribution is -0.139. The van der Waals surface area contributed by atoms with Gasteiger partial charge in [-0.2, -0.15) is 0 Å². The summed E-state index contributed by atoms with van der Waals surface area (Å²) in [7, 11) is 0. The number of ether oxygens (including phenoxy) is 1. The fourth-order valence-electron chi connectivity index (χ4n) is 2.79. The van der Waals surface area contributed by atoms with Gasteiger partial charge in [-0.25, -0.2) is 14.6 Å². The predicted molar refractivity (Wildman–Crippen MR) is 125 cm³/mol. The third kappa shape index (κ3) is 7.70. The fraction of sp³-hybridized carbons (Fsp3) is 0.500. The monoisotopic (exact) mass is 467 g/mol. The van der Waals surface area contributed by atoms with Gasteiger partial charge in [-0.3, -0.25) is 0 Å². The maximum absolute atomic E-state index is 12.0. The van der Waals surface area contributed by atoms with E-state index in [-0.39, 0.29) is 6.54 Å². The van der Waals surface area contributed by atoms with Crippen LogP contribution in [0, 0.1) is 12.8 Å². The summed E-state index contributed by atoms with van der Waals surface area (Å²) in [5.74, 6) is -0.730. The summed E-state index contributed by atoms with van der Waals surface area (Å²) >= 11 is 7.65. The van der Waals surface area contributed by atoms with E-state index in [4.69, 9.17) is 21.3 Å². The first kappa shape index (κ1) is 24.9. The van der Waals surface area contributed by atoms with Crippen LogP contribution in [0.2, 0.25) is 5.02 Å². The molecule has 1 heterocycles. The molecular formula is C22H30ClN3O4S. The average Bonchev–Trinajstić information content (AvgIpc) is 3.01. The molecule has 1 amide bonds. The zero-order valence-corrected chi connectivity index (χ0v) is 20.3. The Morgan fingerprint density at radius 1 is 1.29 bits per heavy atom. The van der Waals surface area contributed by atoms with Crippen LogP contribution in [0.25, 0.3) is 11.3 Å². The Kier molecular flexibility index (Phi) is 8.31. The van der Waals surface area contributed by atoms with Gasteiger partial charge in [-0.05, 0) is 57.7 Å². The molecule has 0 aliphatic carbocycles. The number of aryl methyl sites for hydroxylation is 1. The number of halogens is 1. The van der Waals surface area contributed by atoms with Gasteiger partial charge in [-0.15, -0.1) is 11.3 Å². The maximum atomic E-state index is 12.0. The number of alkyl carbamates (subject to hydrolysis) is 1. The number of hydrogen-bond acceptors (Lipinski definition) is 6. The summed E-state index contributed by atoms with van der Waals surface area (Å²) in [6.45, 7) is 11.3. The van der Waals surface area contributed by atoms with Gasteiger partial charge in [0.2, 0.25) is 0 Å². The molecule has 7 nitrogen and oxygen atoms in total. The average molecular weight is 468 g/mol. The Bertz CT molecular complexity index is 937. The van der Waals surface area contributed by atoms with Crippen LogP contribution in [0.15, 0.2) is 18.2 Å². The van der Waals surface area contributed by atoms with Gasteiger partial charge in [-0.1, -0.05) is 31.5 Å². The van der Waals surface area contributed by atoms with E-state index in [0.29, 0.717) is 16.1 Å². The lowest BCUT2D eigenvalue weighted by Gasteiger charge is -2.22. The molecule has 1 aromatic carbocycles. The standard InChI is InChI=1S/C22H30ClN3O4S/c1-12(2)9-17-18(14-7-8-15(23)13(3)10-14)26-20(31-17)24-11-16(19(27)28)25-21(29)30-22(4,5)6/h7-8,10,12,16H,9,11H2,1-6H3,(H,24,26)(H,25,29)(H,27,28). The molecule has 3 N–H and O–H groups in total. The van der Waals surface area contributed by atoms with Gasteiger partial charge < -0.3 is 20.5 Å². The quantitative estimate of drug-likeness (QED) is 0.483. The van der Waals surface area contributed by atoms with Crippen LogP contribution in [-0.2, 0) is 16.0 Å². The van der Waals surface area contributed by atoms with Gasteiger partial charge in [0.15, 0.2) is 5.13 Å². The minimum atomic E-state index is -1.16. The first-order chi connectivity index (χ1) is 14.4. The molecule has 0 aliphatic heterocycles. The first-order valence-corrected chi connectivity index (χ1v) is 11.3. The third-order valence-electron chi connectivity index (χ3n) is 4.17. The highest BCUT2D eigenvalue weighted by Crippen LogP contribution is 2.34. The number of aromatic nitrogens is 1. The molecule has 0 saturated heterocycles. The molecule has 1 unspecified atom stereocenters. The van der Waals surface area contributed by atoms with Crippen molar-refractivity contribution in [3.05, 3.63) is 33.7 Å². The van der Waals surface area contributed by atoms with E-state index in [1.54, 1.807) is 20.8 Å². The summed E-state index contributed by atoms with van der Waals surface area (Å²) < 4.78 is 5.15. The SMILES string of the molecule is Cc1cc(-c2nc(NCC(NC(=O)OC(C)(C)C)C(=O)O)sc2CC(C)C)ccc1Cl. The second-order valence-electron chi connectivity index (χ2n) is 8.77. The van der Waals surface area contributed by atoms with E-state index in [1.165, 1.54) is 11.3 Å². The van der Waals surface area contributed by atoms with Crippen molar-refractivity contribution >= 4 is 40.1 Å². The van der Waals surface area contributed by atoms with E-state index in [9.17, 15) is 14.7 Å². The summed E-state index contributed by atoms with van der Waals surface area (Å²) in [5, 5.41) is 16.2. The number of nitrogens with one attached hydrogen (secondary N) is 2. The van der Waals surface area contributed by atoms with Crippen LogP contribution in [0.4, 0.5) is 9.93 Å². The largest absolute Gasteiger partial charge is 0.480 e. The number of carbonyl (C=O) groups excluding carboxylic acids is 1. The van der Waals surface area contributed by atoms with Crippen molar-refractivity contribution in [3.63, 3.8) is 0 Å². The molecule has 31 heavy (non-hydrogen) atoms. The molecule has 0 fully saturated rings. The molecule has 1 atom stereocenters. The molecule has 0 saturated carbocycles. The van der Waals surface area contributed by atoms with Gasteiger partial charge in [0.05, 0.1) is 5.69 Å². The third-order valence-corrected chi connectivity index (χ3v) is 5.63. The number of anilines is 1. The number of carbonyl (C=O) groups is 2. The highest BCUT2D eigenvalue weighted by atomic mass is 35.5. The molecule has 2 aromatic rings. The number of benzene rings is 1. The lowest BCUT2D eigenvalue weighted by Crippen LogP contribution is -2.47. The molecule has 0 radical (unpaired) electrons. The van der Waals surface area contributed by atoms with Gasteiger partial charge >= 0.3 is 12.1 Å². The number of nitrogens with zero attached hydrogens (tertiary/aromatic N) is 1. The fourth-order valence-corrected chi connectivity index (χ4v) is 4.11. The molecule has 0 bridgehead atoms. The normalized spacial score (nSPS) is 12.5. The van der Waals surface area contributed by atoms with Crippen molar-refractivity contribution in [1.29, 1.82) is 0 Å². The zero-order chi connectivity index (χ0) is 23.3. The highest BCUT2D eigenvalue weighted by Gasteiger charge is 2.24. The summed E-state index contributed by atoms with van der Waals surface area (Å²) in [6, 6.07) is 4.62. The minimum absolute atomic E-state index is 0.0255. The lowest BCUT2D eigenvalue weighted by atomic mass is 10.0. The second-order valence-corrected chi connectivity index (χ2v) is 10.3. The Hall–Kier alpha value is -2.32. The molecule has 0 aliphatic rings. The van der Waals surface area contributed by atoms with Crippen molar-refractivity contribution in [2.24, 2.45) is 5.92 Å². The van der Waals surface area contributed by atoms with E-state index < -0.39 is 23.7 Å². The van der Waals surface area contributed by atoms with Crippen molar-refractivity contribution in [1.82, 2.24) is 10.3 Å². The van der Waals surface area contributed by atoms with E-state index in [2.05, 4.69) is 24.5 Å². The number of hydrogen-bond donors (Lipinski definition) is 3. The van der Waals surface area contributed by atoms with E-state index in [1.807, 2.05) is 25.1 Å². The van der Waals surface area contributed by atoms with Crippen molar-refractivity contribution < 1.29 is 19.4 Å². The van der Waals surface area contributed by atoms with Crippen molar-refractivity contribution in [2.75, 3.05) is 11.9 Å². The molecular weight excluding hydrogens is 438 g/mol. The van der Waals surface area contributed by atoms with Crippen LogP contribution in [-0.4, -0.2) is 40.3 Å². The Morgan fingerprint density at radius 2 is 1.97 bits per heavy atom.